The quantitative estimate of drug-likeness (QED) is 0.547. The van der Waals surface area contributed by atoms with Crippen LogP contribution in [-0.4, -0.2) is 0 Å². The molecule has 0 aromatic heterocycles. The molecule has 0 heterocycles. The highest BCUT2D eigenvalue weighted by atomic mass is 14.0. The van der Waals surface area contributed by atoms with Crippen LogP contribution in [0.1, 0.15) is 64.2 Å². The van der Waals surface area contributed by atoms with Crippen molar-refractivity contribution in [1.29, 1.82) is 0 Å². The third kappa shape index (κ3) is 5.26. The fraction of sp³-hybridized carbons (Fsp3) is 0.714. The first-order valence-electron chi connectivity index (χ1n) is 6.25. The van der Waals surface area contributed by atoms with Gasteiger partial charge in [0.05, 0.1) is 0 Å². The Morgan fingerprint density at radius 2 is 1.43 bits per heavy atom. The molecule has 1 rings (SSSR count). The van der Waals surface area contributed by atoms with Gasteiger partial charge in [-0.25, -0.2) is 0 Å². The Morgan fingerprint density at radius 3 is 2.07 bits per heavy atom. The van der Waals surface area contributed by atoms with Crippen molar-refractivity contribution in [2.24, 2.45) is 0 Å². The third-order valence-electron chi connectivity index (χ3n) is 3.09. The van der Waals surface area contributed by atoms with Gasteiger partial charge in [0, 0.05) is 0 Å². The molecular formula is C14H24. The summed E-state index contributed by atoms with van der Waals surface area (Å²) < 4.78 is 0. The summed E-state index contributed by atoms with van der Waals surface area (Å²) in [6.45, 7) is 3.88. The van der Waals surface area contributed by atoms with Crippen LogP contribution in [0.5, 0.6) is 0 Å². The maximum atomic E-state index is 3.88. The van der Waals surface area contributed by atoms with Crippen molar-refractivity contribution >= 4 is 0 Å². The predicted molar refractivity (Wildman–Crippen MR) is 64.5 cm³/mol. The average molecular weight is 192 g/mol. The van der Waals surface area contributed by atoms with Crippen molar-refractivity contribution in [3.63, 3.8) is 0 Å². The van der Waals surface area contributed by atoms with Crippen molar-refractivity contribution in [3.05, 3.63) is 24.3 Å². The Labute approximate surface area is 89.1 Å². The molecule has 0 radical (unpaired) electrons. The monoisotopic (exact) mass is 192 g/mol. The lowest BCUT2D eigenvalue weighted by molar-refractivity contribution is 0.564. The van der Waals surface area contributed by atoms with Gasteiger partial charge in [0.15, 0.2) is 0 Å². The highest BCUT2D eigenvalue weighted by Gasteiger charge is 1.97. The van der Waals surface area contributed by atoms with E-state index in [0.717, 1.165) is 0 Å². The molecule has 0 amide bonds. The lowest BCUT2D eigenvalue weighted by Gasteiger charge is -2.06. The second-order valence-corrected chi connectivity index (χ2v) is 4.35. The summed E-state index contributed by atoms with van der Waals surface area (Å²) in [5.74, 6) is 0. The molecule has 80 valence electrons. The van der Waals surface area contributed by atoms with E-state index in [2.05, 4.69) is 12.7 Å². The normalized spacial score (nSPS) is 21.6. The number of allylic oxidation sites excluding steroid dienone is 3. The molecule has 0 aromatic rings. The van der Waals surface area contributed by atoms with Crippen LogP contribution in [0, 0.1) is 0 Å². The summed E-state index contributed by atoms with van der Waals surface area (Å²) in [6, 6.07) is 0. The minimum absolute atomic E-state index is 1.25. The van der Waals surface area contributed by atoms with E-state index in [1.807, 2.05) is 6.08 Å². The van der Waals surface area contributed by atoms with Gasteiger partial charge in [0.1, 0.15) is 0 Å². The maximum absolute atomic E-state index is 3.88. The summed E-state index contributed by atoms with van der Waals surface area (Å²) in [4.78, 5) is 0. The summed E-state index contributed by atoms with van der Waals surface area (Å²) >= 11 is 0. The van der Waals surface area contributed by atoms with Crippen LogP contribution < -0.4 is 0 Å². The third-order valence-corrected chi connectivity index (χ3v) is 3.09. The first kappa shape index (κ1) is 11.6. The van der Waals surface area contributed by atoms with E-state index in [0.29, 0.717) is 0 Å². The smallest absolute Gasteiger partial charge is 0.0282 e. The number of rotatable bonds is 1. The minimum Gasteiger partial charge on any atom is -0.0988 e. The van der Waals surface area contributed by atoms with Gasteiger partial charge < -0.3 is 0 Å². The molecule has 0 unspecified atom stereocenters. The van der Waals surface area contributed by atoms with Crippen LogP contribution in [0.15, 0.2) is 24.3 Å². The first-order valence-corrected chi connectivity index (χ1v) is 6.25. The van der Waals surface area contributed by atoms with Gasteiger partial charge >= 0.3 is 0 Å². The zero-order valence-corrected chi connectivity index (χ0v) is 9.43. The second-order valence-electron chi connectivity index (χ2n) is 4.35. The van der Waals surface area contributed by atoms with Gasteiger partial charge in [-0.1, -0.05) is 62.8 Å². The Kier molecular flexibility index (Phi) is 6.47. The van der Waals surface area contributed by atoms with E-state index >= 15 is 0 Å². The van der Waals surface area contributed by atoms with Crippen molar-refractivity contribution < 1.29 is 0 Å². The number of hydrogen-bond donors (Lipinski definition) is 0. The molecule has 0 heteroatoms. The van der Waals surface area contributed by atoms with Crippen LogP contribution in [0.4, 0.5) is 0 Å². The molecule has 14 heavy (non-hydrogen) atoms. The minimum atomic E-state index is 1.25. The molecule has 0 aromatic carbocycles. The molecule has 0 spiro atoms. The van der Waals surface area contributed by atoms with Crippen molar-refractivity contribution in [2.75, 3.05) is 0 Å². The highest BCUT2D eigenvalue weighted by Crippen LogP contribution is 2.16. The topological polar surface area (TPSA) is 0 Å². The Hall–Kier alpha value is -0.520. The van der Waals surface area contributed by atoms with E-state index in [4.69, 9.17) is 0 Å². The van der Waals surface area contributed by atoms with Crippen molar-refractivity contribution in [2.45, 2.75) is 64.2 Å². The largest absolute Gasteiger partial charge is 0.0988 e. The van der Waals surface area contributed by atoms with Crippen molar-refractivity contribution in [3.8, 4) is 0 Å². The summed E-state index contributed by atoms with van der Waals surface area (Å²) in [5.41, 5.74) is 1.48. The van der Waals surface area contributed by atoms with Gasteiger partial charge in [-0.3, -0.25) is 0 Å². The molecule has 1 aliphatic rings. The molecule has 0 fully saturated rings. The molecule has 1 aliphatic carbocycles. The van der Waals surface area contributed by atoms with Gasteiger partial charge in [-0.2, -0.15) is 0 Å². The number of hydrogen-bond acceptors (Lipinski definition) is 0. The Bertz CT molecular complexity index is 176. The van der Waals surface area contributed by atoms with E-state index in [1.165, 1.54) is 69.8 Å². The Balaban J connectivity index is 2.33. The SMILES string of the molecule is C=CC1=CCCCCCCCCCC1. The lowest BCUT2D eigenvalue weighted by atomic mass is 10.0. The fourth-order valence-electron chi connectivity index (χ4n) is 2.11. The highest BCUT2D eigenvalue weighted by molar-refractivity contribution is 5.15. The van der Waals surface area contributed by atoms with Crippen LogP contribution in [0.25, 0.3) is 0 Å². The van der Waals surface area contributed by atoms with Gasteiger partial charge in [-0.15, -0.1) is 0 Å². The van der Waals surface area contributed by atoms with Gasteiger partial charge in [-0.05, 0) is 25.7 Å². The standard InChI is InChI=1S/C14H24/c1-2-14-12-10-8-6-4-3-5-7-9-11-13-14/h2,12H,1,3-11,13H2. The molecule has 0 saturated carbocycles. The van der Waals surface area contributed by atoms with E-state index in [9.17, 15) is 0 Å². The van der Waals surface area contributed by atoms with E-state index in [-0.39, 0.29) is 0 Å². The first-order chi connectivity index (χ1) is 6.93. The molecule has 0 atom stereocenters. The molecule has 0 nitrogen and oxygen atoms in total. The molecule has 0 saturated heterocycles. The van der Waals surface area contributed by atoms with Crippen LogP contribution in [-0.2, 0) is 0 Å². The average Bonchev–Trinajstić information content (AvgIpc) is 2.19. The fourth-order valence-corrected chi connectivity index (χ4v) is 2.11. The van der Waals surface area contributed by atoms with Gasteiger partial charge in [0.25, 0.3) is 0 Å². The molecule has 0 bridgehead atoms. The molecule has 0 aliphatic heterocycles. The lowest BCUT2D eigenvalue weighted by Crippen LogP contribution is -1.86. The predicted octanol–water partition coefficient (Wildman–Crippen LogP) is 5.01. The van der Waals surface area contributed by atoms with Gasteiger partial charge in [0.2, 0.25) is 0 Å². The second kappa shape index (κ2) is 7.84. The van der Waals surface area contributed by atoms with Crippen LogP contribution in [0.2, 0.25) is 0 Å². The molecule has 0 N–H and O–H groups in total. The zero-order valence-electron chi connectivity index (χ0n) is 9.43. The van der Waals surface area contributed by atoms with E-state index < -0.39 is 0 Å². The summed E-state index contributed by atoms with van der Waals surface area (Å²) in [7, 11) is 0. The van der Waals surface area contributed by atoms with Crippen molar-refractivity contribution in [1.82, 2.24) is 0 Å². The van der Waals surface area contributed by atoms with Crippen LogP contribution in [0.3, 0.4) is 0 Å². The maximum Gasteiger partial charge on any atom is -0.0282 e. The molecular weight excluding hydrogens is 168 g/mol. The zero-order chi connectivity index (χ0) is 10.1. The summed E-state index contributed by atoms with van der Waals surface area (Å²) in [5, 5.41) is 0. The van der Waals surface area contributed by atoms with Crippen LogP contribution >= 0.6 is 0 Å². The summed E-state index contributed by atoms with van der Waals surface area (Å²) in [6.07, 6.45) is 18.3. The van der Waals surface area contributed by atoms with E-state index in [1.54, 1.807) is 0 Å². The Morgan fingerprint density at radius 1 is 0.857 bits per heavy atom.